The molecule has 1 N–H and O–H groups in total. The number of aliphatic hydroxyl groups is 1. The van der Waals surface area contributed by atoms with Gasteiger partial charge in [0.15, 0.2) is 0 Å². The average Bonchev–Trinajstić information content (AvgIpc) is 2.86. The summed E-state index contributed by atoms with van der Waals surface area (Å²) in [6, 6.07) is 4.69. The Bertz CT molecular complexity index is 593. The van der Waals surface area contributed by atoms with Crippen molar-refractivity contribution in [3.8, 4) is 11.4 Å². The molecule has 0 aliphatic heterocycles. The molecule has 0 fully saturated rings. The maximum absolute atomic E-state index is 12.6. The van der Waals surface area contributed by atoms with Gasteiger partial charge in [-0.05, 0) is 19.1 Å². The second-order valence-electron chi connectivity index (χ2n) is 4.56. The maximum atomic E-state index is 12.6. The van der Waals surface area contributed by atoms with E-state index in [1.807, 2.05) is 0 Å². The van der Waals surface area contributed by atoms with Crippen LogP contribution in [0.25, 0.3) is 11.4 Å². The van der Waals surface area contributed by atoms with E-state index in [0.29, 0.717) is 0 Å². The van der Waals surface area contributed by atoms with Gasteiger partial charge < -0.3 is 9.63 Å². The molecule has 2 rings (SSSR count). The summed E-state index contributed by atoms with van der Waals surface area (Å²) >= 11 is 0. The van der Waals surface area contributed by atoms with Gasteiger partial charge in [-0.1, -0.05) is 24.2 Å². The van der Waals surface area contributed by atoms with Crippen LogP contribution in [0.2, 0.25) is 0 Å². The Labute approximate surface area is 113 Å². The van der Waals surface area contributed by atoms with E-state index in [1.54, 1.807) is 13.8 Å². The van der Waals surface area contributed by atoms with Gasteiger partial charge in [0, 0.05) is 5.56 Å². The van der Waals surface area contributed by atoms with Crippen LogP contribution in [0.3, 0.4) is 0 Å². The highest BCUT2D eigenvalue weighted by Gasteiger charge is 2.31. The number of benzene rings is 1. The van der Waals surface area contributed by atoms with E-state index >= 15 is 0 Å². The fourth-order valence-corrected chi connectivity index (χ4v) is 1.58. The summed E-state index contributed by atoms with van der Waals surface area (Å²) in [5.41, 5.74) is -0.558. The topological polar surface area (TPSA) is 59.2 Å². The predicted molar refractivity (Wildman–Crippen MR) is 64.8 cm³/mol. The molecule has 0 amide bonds. The van der Waals surface area contributed by atoms with Gasteiger partial charge in [0.25, 0.3) is 0 Å². The molecule has 0 spiro atoms. The molecule has 0 bridgehead atoms. The summed E-state index contributed by atoms with van der Waals surface area (Å²) in [5.74, 6) is -0.131. The SMILES string of the molecule is CC(O)C(C)c1nc(-c2cccc(C(F)(F)F)c2)no1. The van der Waals surface area contributed by atoms with E-state index in [4.69, 9.17) is 4.52 Å². The summed E-state index contributed by atoms with van der Waals surface area (Å²) in [4.78, 5) is 4.02. The Balaban J connectivity index is 2.33. The first-order valence-corrected chi connectivity index (χ1v) is 5.98. The van der Waals surface area contributed by atoms with Gasteiger partial charge in [0.05, 0.1) is 17.6 Å². The van der Waals surface area contributed by atoms with Gasteiger partial charge in [0.2, 0.25) is 11.7 Å². The number of rotatable bonds is 3. The van der Waals surface area contributed by atoms with Gasteiger partial charge in [-0.25, -0.2) is 0 Å². The number of hydrogen-bond donors (Lipinski definition) is 1. The monoisotopic (exact) mass is 286 g/mol. The molecule has 1 aromatic heterocycles. The third-order valence-corrected chi connectivity index (χ3v) is 3.00. The predicted octanol–water partition coefficient (Wildman–Crippen LogP) is 3.24. The normalized spacial score (nSPS) is 15.1. The van der Waals surface area contributed by atoms with Crippen LogP contribution in [-0.2, 0) is 6.18 Å². The highest BCUT2D eigenvalue weighted by molar-refractivity contribution is 5.55. The van der Waals surface area contributed by atoms with Crippen LogP contribution in [0, 0.1) is 0 Å². The van der Waals surface area contributed by atoms with Gasteiger partial charge >= 0.3 is 6.18 Å². The molecule has 7 heteroatoms. The number of alkyl halides is 3. The number of nitrogens with zero attached hydrogens (tertiary/aromatic N) is 2. The molecule has 2 atom stereocenters. The standard InChI is InChI=1S/C13H13F3N2O2/c1-7(8(2)19)12-17-11(18-20-12)9-4-3-5-10(6-9)13(14,15)16/h3-8,19H,1-2H3. The molecular weight excluding hydrogens is 273 g/mol. The van der Waals surface area contributed by atoms with Crippen LogP contribution in [0.15, 0.2) is 28.8 Å². The van der Waals surface area contributed by atoms with Gasteiger partial charge in [-0.3, -0.25) is 0 Å². The van der Waals surface area contributed by atoms with Crippen molar-refractivity contribution in [3.63, 3.8) is 0 Å². The van der Waals surface area contributed by atoms with Crippen molar-refractivity contribution in [1.29, 1.82) is 0 Å². The lowest BCUT2D eigenvalue weighted by Gasteiger charge is -2.08. The average molecular weight is 286 g/mol. The summed E-state index contributed by atoms with van der Waals surface area (Å²) in [6.07, 6.45) is -5.11. The van der Waals surface area contributed by atoms with Gasteiger partial charge in [-0.15, -0.1) is 0 Å². The fourth-order valence-electron chi connectivity index (χ4n) is 1.58. The molecule has 0 aliphatic carbocycles. The minimum Gasteiger partial charge on any atom is -0.393 e. The van der Waals surface area contributed by atoms with E-state index in [-0.39, 0.29) is 23.2 Å². The van der Waals surface area contributed by atoms with Crippen LogP contribution in [0.4, 0.5) is 13.2 Å². The Kier molecular flexibility index (Phi) is 3.80. The lowest BCUT2D eigenvalue weighted by Crippen LogP contribution is -2.11. The van der Waals surface area contributed by atoms with E-state index in [9.17, 15) is 18.3 Å². The maximum Gasteiger partial charge on any atom is 0.416 e. The third-order valence-electron chi connectivity index (χ3n) is 3.00. The molecule has 2 unspecified atom stereocenters. The highest BCUT2D eigenvalue weighted by atomic mass is 19.4. The lowest BCUT2D eigenvalue weighted by molar-refractivity contribution is -0.137. The molecular formula is C13H13F3N2O2. The summed E-state index contributed by atoms with van der Waals surface area (Å²) in [5, 5.41) is 13.1. The molecule has 2 aromatic rings. The second-order valence-corrected chi connectivity index (χ2v) is 4.56. The largest absolute Gasteiger partial charge is 0.416 e. The first kappa shape index (κ1) is 14.5. The molecule has 1 heterocycles. The highest BCUT2D eigenvalue weighted by Crippen LogP contribution is 2.31. The van der Waals surface area contributed by atoms with Crippen LogP contribution in [-0.4, -0.2) is 21.4 Å². The van der Waals surface area contributed by atoms with Crippen LogP contribution in [0.1, 0.15) is 31.2 Å². The minimum atomic E-state index is -4.42. The Morgan fingerprint density at radius 3 is 2.55 bits per heavy atom. The summed E-state index contributed by atoms with van der Waals surface area (Å²) < 4.78 is 42.8. The smallest absolute Gasteiger partial charge is 0.393 e. The number of halogens is 3. The van der Waals surface area contributed by atoms with Crippen molar-refractivity contribution >= 4 is 0 Å². The Hall–Kier alpha value is -1.89. The zero-order valence-electron chi connectivity index (χ0n) is 10.8. The lowest BCUT2D eigenvalue weighted by atomic mass is 10.1. The molecule has 0 radical (unpaired) electrons. The quantitative estimate of drug-likeness (QED) is 0.941. The molecule has 0 saturated carbocycles. The fraction of sp³-hybridized carbons (Fsp3) is 0.385. The van der Waals surface area contributed by atoms with Crippen molar-refractivity contribution < 1.29 is 22.8 Å². The van der Waals surface area contributed by atoms with Crippen LogP contribution >= 0.6 is 0 Å². The van der Waals surface area contributed by atoms with Gasteiger partial charge in [-0.2, -0.15) is 18.2 Å². The zero-order valence-corrected chi connectivity index (χ0v) is 10.8. The first-order chi connectivity index (χ1) is 9.29. The molecule has 108 valence electrons. The summed E-state index contributed by atoms with van der Waals surface area (Å²) in [6.45, 7) is 3.26. The first-order valence-electron chi connectivity index (χ1n) is 5.98. The molecule has 4 nitrogen and oxygen atoms in total. The van der Waals surface area contributed by atoms with Crippen LogP contribution in [0.5, 0.6) is 0 Å². The van der Waals surface area contributed by atoms with Crippen LogP contribution < -0.4 is 0 Å². The van der Waals surface area contributed by atoms with E-state index in [0.717, 1.165) is 12.1 Å². The second kappa shape index (κ2) is 5.24. The Morgan fingerprint density at radius 2 is 1.95 bits per heavy atom. The number of hydrogen-bond acceptors (Lipinski definition) is 4. The molecule has 0 saturated heterocycles. The summed E-state index contributed by atoms with van der Waals surface area (Å²) in [7, 11) is 0. The Morgan fingerprint density at radius 1 is 1.25 bits per heavy atom. The minimum absolute atomic E-state index is 0.0681. The van der Waals surface area contributed by atoms with E-state index < -0.39 is 17.8 Å². The van der Waals surface area contributed by atoms with Crippen molar-refractivity contribution in [2.45, 2.75) is 32.0 Å². The molecule has 1 aromatic carbocycles. The van der Waals surface area contributed by atoms with E-state index in [2.05, 4.69) is 10.1 Å². The van der Waals surface area contributed by atoms with Crippen molar-refractivity contribution in [2.75, 3.05) is 0 Å². The number of aliphatic hydroxyl groups excluding tert-OH is 1. The number of aromatic nitrogens is 2. The van der Waals surface area contributed by atoms with Crippen molar-refractivity contribution in [2.24, 2.45) is 0 Å². The third kappa shape index (κ3) is 2.98. The van der Waals surface area contributed by atoms with E-state index in [1.165, 1.54) is 12.1 Å². The molecule has 0 aliphatic rings. The molecule has 20 heavy (non-hydrogen) atoms. The van der Waals surface area contributed by atoms with Crippen molar-refractivity contribution in [1.82, 2.24) is 10.1 Å². The van der Waals surface area contributed by atoms with Gasteiger partial charge in [0.1, 0.15) is 0 Å². The zero-order chi connectivity index (χ0) is 14.9. The van der Waals surface area contributed by atoms with Crippen molar-refractivity contribution in [3.05, 3.63) is 35.7 Å².